The van der Waals surface area contributed by atoms with Crippen LogP contribution in [-0.2, 0) is 10.0 Å². The third kappa shape index (κ3) is 3.67. The molecule has 2 aliphatic heterocycles. The van der Waals surface area contributed by atoms with Gasteiger partial charge in [-0.15, -0.1) is 0 Å². The van der Waals surface area contributed by atoms with E-state index in [1.54, 1.807) is 28.6 Å². The van der Waals surface area contributed by atoms with Gasteiger partial charge in [-0.05, 0) is 50.2 Å². The first-order valence-corrected chi connectivity index (χ1v) is 10.6. The highest BCUT2D eigenvalue weighted by atomic mass is 32.2. The second-order valence-corrected chi connectivity index (χ2v) is 9.06. The smallest absolute Gasteiger partial charge is 0.243 e. The average Bonchev–Trinajstić information content (AvgIpc) is 2.92. The minimum absolute atomic E-state index is 0.0933. The van der Waals surface area contributed by atoms with Gasteiger partial charge < -0.3 is 4.90 Å². The molecule has 0 radical (unpaired) electrons. The predicted octanol–water partition coefficient (Wildman–Crippen LogP) is 2.28. The van der Waals surface area contributed by atoms with Crippen LogP contribution in [0.2, 0.25) is 0 Å². The Bertz CT molecular complexity index is 571. The van der Waals surface area contributed by atoms with E-state index in [1.165, 1.54) is 12.8 Å². The highest BCUT2D eigenvalue weighted by Crippen LogP contribution is 2.25. The molecule has 2 heterocycles. The molecule has 0 unspecified atom stereocenters. The summed E-state index contributed by atoms with van der Waals surface area (Å²) < 4.78 is 27.8. The highest BCUT2D eigenvalue weighted by Gasteiger charge is 2.33. The molecule has 6 heteroatoms. The van der Waals surface area contributed by atoms with Crippen molar-refractivity contribution in [1.82, 2.24) is 9.21 Å². The molecule has 3 rings (SSSR count). The van der Waals surface area contributed by atoms with Crippen molar-refractivity contribution in [2.45, 2.75) is 30.2 Å². The Balaban J connectivity index is 1.83. The van der Waals surface area contributed by atoms with Gasteiger partial charge in [-0.3, -0.25) is 0 Å². The fourth-order valence-corrected chi connectivity index (χ4v) is 6.09. The maximum atomic E-state index is 13.0. The summed E-state index contributed by atoms with van der Waals surface area (Å²) in [4.78, 5) is 2.85. The standard InChI is InChI=1S/C16H24N2O2S2/c19-22(20,16-7-2-1-3-8-16)18-11-6-12-21-14-15(18)13-17-9-4-5-10-17/h1-3,7-8,15H,4-6,9-14H2/t15-/m1/s1. The second kappa shape index (κ2) is 7.34. The molecule has 122 valence electrons. The van der Waals surface area contributed by atoms with E-state index in [2.05, 4.69) is 4.90 Å². The van der Waals surface area contributed by atoms with E-state index in [0.717, 1.165) is 37.6 Å². The van der Waals surface area contributed by atoms with E-state index in [1.807, 2.05) is 17.8 Å². The van der Waals surface area contributed by atoms with Crippen LogP contribution in [0.25, 0.3) is 0 Å². The maximum absolute atomic E-state index is 13.0. The van der Waals surface area contributed by atoms with E-state index in [-0.39, 0.29) is 6.04 Å². The van der Waals surface area contributed by atoms with Crippen molar-refractivity contribution in [2.75, 3.05) is 37.7 Å². The molecule has 0 N–H and O–H groups in total. The predicted molar refractivity (Wildman–Crippen MR) is 91.7 cm³/mol. The SMILES string of the molecule is O=S(=O)(c1ccccc1)N1CCCSC[C@H]1CN1CCCC1. The van der Waals surface area contributed by atoms with Gasteiger partial charge in [-0.25, -0.2) is 8.42 Å². The summed E-state index contributed by atoms with van der Waals surface area (Å²) in [7, 11) is -3.38. The molecule has 0 aromatic heterocycles. The van der Waals surface area contributed by atoms with Crippen LogP contribution in [0.3, 0.4) is 0 Å². The average molecular weight is 341 g/mol. The number of likely N-dealkylation sites (tertiary alicyclic amines) is 1. The first kappa shape index (κ1) is 16.3. The van der Waals surface area contributed by atoms with Crippen LogP contribution in [0.1, 0.15) is 19.3 Å². The van der Waals surface area contributed by atoms with Gasteiger partial charge >= 0.3 is 0 Å². The molecule has 4 nitrogen and oxygen atoms in total. The van der Waals surface area contributed by atoms with Crippen LogP contribution < -0.4 is 0 Å². The van der Waals surface area contributed by atoms with Crippen molar-refractivity contribution in [1.29, 1.82) is 0 Å². The summed E-state index contributed by atoms with van der Waals surface area (Å²) in [5.41, 5.74) is 0. The van der Waals surface area contributed by atoms with E-state index < -0.39 is 10.0 Å². The number of benzene rings is 1. The van der Waals surface area contributed by atoms with Crippen LogP contribution >= 0.6 is 11.8 Å². The van der Waals surface area contributed by atoms with Gasteiger partial charge in [-0.1, -0.05) is 18.2 Å². The number of thioether (sulfide) groups is 1. The molecule has 2 aliphatic rings. The third-order valence-electron chi connectivity index (χ3n) is 4.40. The first-order chi connectivity index (χ1) is 10.7. The molecule has 0 spiro atoms. The minimum Gasteiger partial charge on any atom is -0.302 e. The summed E-state index contributed by atoms with van der Waals surface area (Å²) in [6.45, 7) is 3.74. The lowest BCUT2D eigenvalue weighted by atomic mass is 10.3. The Morgan fingerprint density at radius 3 is 2.50 bits per heavy atom. The quantitative estimate of drug-likeness (QED) is 0.843. The lowest BCUT2D eigenvalue weighted by molar-refractivity contribution is 0.243. The Labute approximate surface area is 137 Å². The van der Waals surface area contributed by atoms with Gasteiger partial charge in [0, 0.05) is 24.9 Å². The summed E-state index contributed by atoms with van der Waals surface area (Å²) >= 11 is 1.89. The van der Waals surface area contributed by atoms with Crippen LogP contribution in [0.15, 0.2) is 35.2 Å². The van der Waals surface area contributed by atoms with E-state index in [9.17, 15) is 8.42 Å². The van der Waals surface area contributed by atoms with Crippen molar-refractivity contribution in [2.24, 2.45) is 0 Å². The molecule has 1 aromatic rings. The van der Waals surface area contributed by atoms with Crippen LogP contribution in [0, 0.1) is 0 Å². The fraction of sp³-hybridized carbons (Fsp3) is 0.625. The zero-order valence-corrected chi connectivity index (χ0v) is 14.5. The Hall–Kier alpha value is -0.560. The second-order valence-electron chi connectivity index (χ2n) is 6.02. The van der Waals surface area contributed by atoms with Crippen molar-refractivity contribution in [3.8, 4) is 0 Å². The summed E-state index contributed by atoms with van der Waals surface area (Å²) in [6, 6.07) is 8.97. The first-order valence-electron chi connectivity index (χ1n) is 8.05. The van der Waals surface area contributed by atoms with Crippen molar-refractivity contribution >= 4 is 21.8 Å². The number of nitrogens with zero attached hydrogens (tertiary/aromatic N) is 2. The Morgan fingerprint density at radius 1 is 1.05 bits per heavy atom. The minimum atomic E-state index is -3.38. The van der Waals surface area contributed by atoms with Crippen LogP contribution in [-0.4, -0.2) is 61.3 Å². The third-order valence-corrected chi connectivity index (χ3v) is 7.57. The Kier molecular flexibility index (Phi) is 5.44. The number of hydrogen-bond acceptors (Lipinski definition) is 4. The number of rotatable bonds is 4. The van der Waals surface area contributed by atoms with Gasteiger partial charge in [0.2, 0.25) is 10.0 Å². The van der Waals surface area contributed by atoms with Gasteiger partial charge in [0.25, 0.3) is 0 Å². The van der Waals surface area contributed by atoms with Crippen LogP contribution in [0.4, 0.5) is 0 Å². The molecule has 22 heavy (non-hydrogen) atoms. The van der Waals surface area contributed by atoms with Gasteiger partial charge in [0.15, 0.2) is 0 Å². The zero-order chi connectivity index (χ0) is 15.4. The molecule has 2 saturated heterocycles. The Morgan fingerprint density at radius 2 is 1.77 bits per heavy atom. The lowest BCUT2D eigenvalue weighted by Gasteiger charge is -2.31. The number of hydrogen-bond donors (Lipinski definition) is 0. The monoisotopic (exact) mass is 340 g/mol. The van der Waals surface area contributed by atoms with Gasteiger partial charge in [0.05, 0.1) is 4.90 Å². The summed E-state index contributed by atoms with van der Waals surface area (Å²) in [5, 5.41) is 0. The van der Waals surface area contributed by atoms with Crippen molar-refractivity contribution < 1.29 is 8.42 Å². The molecule has 1 aromatic carbocycles. The highest BCUT2D eigenvalue weighted by molar-refractivity contribution is 7.99. The van der Waals surface area contributed by atoms with E-state index >= 15 is 0 Å². The van der Waals surface area contributed by atoms with E-state index in [4.69, 9.17) is 0 Å². The van der Waals surface area contributed by atoms with E-state index in [0.29, 0.717) is 11.4 Å². The fourth-order valence-electron chi connectivity index (χ4n) is 3.26. The summed E-state index contributed by atoms with van der Waals surface area (Å²) in [6.07, 6.45) is 3.42. The topological polar surface area (TPSA) is 40.6 Å². The van der Waals surface area contributed by atoms with Crippen molar-refractivity contribution in [3.63, 3.8) is 0 Å². The number of sulfonamides is 1. The van der Waals surface area contributed by atoms with Gasteiger partial charge in [-0.2, -0.15) is 16.1 Å². The van der Waals surface area contributed by atoms with Gasteiger partial charge in [0.1, 0.15) is 0 Å². The molecule has 0 saturated carbocycles. The molecular weight excluding hydrogens is 316 g/mol. The summed E-state index contributed by atoms with van der Waals surface area (Å²) in [5.74, 6) is 1.96. The maximum Gasteiger partial charge on any atom is 0.243 e. The normalized spacial score (nSPS) is 25.2. The lowest BCUT2D eigenvalue weighted by Crippen LogP contribution is -2.47. The zero-order valence-electron chi connectivity index (χ0n) is 12.9. The molecule has 0 bridgehead atoms. The van der Waals surface area contributed by atoms with Crippen molar-refractivity contribution in [3.05, 3.63) is 30.3 Å². The molecular formula is C16H24N2O2S2. The molecule has 1 atom stereocenters. The molecule has 2 fully saturated rings. The molecule has 0 amide bonds. The molecule has 0 aliphatic carbocycles. The largest absolute Gasteiger partial charge is 0.302 e. The van der Waals surface area contributed by atoms with Crippen LogP contribution in [0.5, 0.6) is 0 Å².